The van der Waals surface area contributed by atoms with Crippen LogP contribution in [0.1, 0.15) is 23.6 Å². The molecule has 164 valence electrons. The van der Waals surface area contributed by atoms with Crippen LogP contribution in [0.25, 0.3) is 15.9 Å². The van der Waals surface area contributed by atoms with Crippen molar-refractivity contribution >= 4 is 44.9 Å². The maximum atomic E-state index is 13.4. The van der Waals surface area contributed by atoms with E-state index in [1.54, 1.807) is 9.47 Å². The second kappa shape index (κ2) is 9.30. The molecule has 32 heavy (non-hydrogen) atoms. The first-order valence-corrected chi connectivity index (χ1v) is 12.3. The Hall–Kier alpha value is -2.90. The number of thioether (sulfide) groups is 1. The summed E-state index contributed by atoms with van der Waals surface area (Å²) in [4.78, 5) is 33.0. The number of benzene rings is 2. The molecular formula is C25H25N3O2S2. The number of carbonyl (C=O) groups excluding carboxylic acids is 1. The first kappa shape index (κ1) is 22.3. The molecule has 0 unspecified atom stereocenters. The van der Waals surface area contributed by atoms with Crippen molar-refractivity contribution in [2.45, 2.75) is 32.9 Å². The minimum Gasteiger partial charge on any atom is -0.312 e. The lowest BCUT2D eigenvalue weighted by Crippen LogP contribution is -2.32. The summed E-state index contributed by atoms with van der Waals surface area (Å²) in [7, 11) is 0. The van der Waals surface area contributed by atoms with Gasteiger partial charge in [0.05, 0.1) is 17.0 Å². The molecule has 4 rings (SSSR count). The molecule has 2 aromatic carbocycles. The van der Waals surface area contributed by atoms with Gasteiger partial charge in [-0.3, -0.25) is 14.2 Å². The van der Waals surface area contributed by atoms with Crippen LogP contribution in [-0.2, 0) is 4.79 Å². The number of rotatable bonds is 6. The fourth-order valence-corrected chi connectivity index (χ4v) is 5.40. The number of thiophene rings is 1. The second-order valence-electron chi connectivity index (χ2n) is 7.73. The monoisotopic (exact) mass is 463 g/mol. The van der Waals surface area contributed by atoms with Gasteiger partial charge in [-0.2, -0.15) is 0 Å². The predicted molar refractivity (Wildman–Crippen MR) is 135 cm³/mol. The zero-order valence-electron chi connectivity index (χ0n) is 18.6. The van der Waals surface area contributed by atoms with Gasteiger partial charge in [-0.25, -0.2) is 4.98 Å². The van der Waals surface area contributed by atoms with Crippen molar-refractivity contribution in [3.05, 3.63) is 81.0 Å². The van der Waals surface area contributed by atoms with Crippen LogP contribution >= 0.6 is 23.1 Å². The normalized spacial score (nSPS) is 11.1. The Balaban J connectivity index is 1.71. The van der Waals surface area contributed by atoms with Gasteiger partial charge in [0.25, 0.3) is 5.56 Å². The van der Waals surface area contributed by atoms with Crippen LogP contribution in [0.15, 0.2) is 63.9 Å². The molecule has 7 heteroatoms. The summed E-state index contributed by atoms with van der Waals surface area (Å²) in [6, 6.07) is 15.8. The molecule has 2 aromatic heterocycles. The molecule has 5 nitrogen and oxygen atoms in total. The summed E-state index contributed by atoms with van der Waals surface area (Å²) in [6.07, 6.45) is 0. The van der Waals surface area contributed by atoms with Crippen molar-refractivity contribution in [2.75, 3.05) is 17.2 Å². The fraction of sp³-hybridized carbons (Fsp3) is 0.240. The zero-order chi connectivity index (χ0) is 22.8. The first-order valence-electron chi connectivity index (χ1n) is 10.5. The summed E-state index contributed by atoms with van der Waals surface area (Å²) in [5, 5.41) is 2.41. The first-order chi connectivity index (χ1) is 15.4. The Labute approximate surface area is 195 Å². The van der Waals surface area contributed by atoms with E-state index in [-0.39, 0.29) is 17.2 Å². The lowest BCUT2D eigenvalue weighted by molar-refractivity contribution is -0.116. The summed E-state index contributed by atoms with van der Waals surface area (Å²) in [5.41, 5.74) is 5.48. The molecule has 0 radical (unpaired) electrons. The van der Waals surface area contributed by atoms with Crippen LogP contribution < -0.4 is 10.5 Å². The van der Waals surface area contributed by atoms with Crippen molar-refractivity contribution in [3.63, 3.8) is 0 Å². The van der Waals surface area contributed by atoms with E-state index in [4.69, 9.17) is 4.98 Å². The lowest BCUT2D eigenvalue weighted by Gasteiger charge is -2.21. The largest absolute Gasteiger partial charge is 0.312 e. The van der Waals surface area contributed by atoms with E-state index in [9.17, 15) is 9.59 Å². The zero-order valence-corrected chi connectivity index (χ0v) is 20.2. The molecular weight excluding hydrogens is 438 g/mol. The predicted octanol–water partition coefficient (Wildman–Crippen LogP) is 5.52. The fourth-order valence-electron chi connectivity index (χ4n) is 3.76. The van der Waals surface area contributed by atoms with Crippen LogP contribution in [0.3, 0.4) is 0 Å². The molecule has 0 fully saturated rings. The Morgan fingerprint density at radius 1 is 1.09 bits per heavy atom. The van der Waals surface area contributed by atoms with Gasteiger partial charge in [-0.05, 0) is 68.5 Å². The molecule has 1 amide bonds. The molecule has 0 aliphatic heterocycles. The number of aryl methyl sites for hydroxylation is 3. The summed E-state index contributed by atoms with van der Waals surface area (Å²) >= 11 is 2.69. The van der Waals surface area contributed by atoms with E-state index < -0.39 is 0 Å². The number of aromatic nitrogens is 2. The number of carbonyl (C=O) groups is 1. The van der Waals surface area contributed by atoms with Crippen LogP contribution in [0, 0.1) is 20.8 Å². The van der Waals surface area contributed by atoms with Crippen molar-refractivity contribution in [1.29, 1.82) is 0 Å². The topological polar surface area (TPSA) is 55.2 Å². The molecule has 4 aromatic rings. The molecule has 2 heterocycles. The highest BCUT2D eigenvalue weighted by Gasteiger charge is 2.19. The highest BCUT2D eigenvalue weighted by molar-refractivity contribution is 7.99. The SMILES string of the molecule is CCN(C(=O)CSc1nc2ccsc2c(=O)n1-c1ccc(C)cc1C)c1cccc(C)c1. The van der Waals surface area contributed by atoms with Crippen LogP contribution in [0.2, 0.25) is 0 Å². The number of hydrogen-bond donors (Lipinski definition) is 0. The van der Waals surface area contributed by atoms with Gasteiger partial charge in [0.15, 0.2) is 5.16 Å². The van der Waals surface area contributed by atoms with E-state index in [1.165, 1.54) is 23.1 Å². The van der Waals surface area contributed by atoms with Gasteiger partial charge < -0.3 is 4.90 Å². The van der Waals surface area contributed by atoms with Crippen molar-refractivity contribution < 1.29 is 4.79 Å². The van der Waals surface area contributed by atoms with Gasteiger partial charge in [0.2, 0.25) is 5.91 Å². The lowest BCUT2D eigenvalue weighted by atomic mass is 10.1. The van der Waals surface area contributed by atoms with Crippen molar-refractivity contribution in [1.82, 2.24) is 9.55 Å². The van der Waals surface area contributed by atoms with Gasteiger partial charge in [-0.1, -0.05) is 41.6 Å². The molecule has 0 aliphatic carbocycles. The molecule has 0 atom stereocenters. The van der Waals surface area contributed by atoms with E-state index in [0.717, 1.165) is 28.1 Å². The molecule has 0 saturated carbocycles. The van der Waals surface area contributed by atoms with E-state index >= 15 is 0 Å². The third kappa shape index (κ3) is 4.36. The Bertz CT molecular complexity index is 1360. The number of hydrogen-bond acceptors (Lipinski definition) is 5. The van der Waals surface area contributed by atoms with Gasteiger partial charge in [0.1, 0.15) is 4.70 Å². The highest BCUT2D eigenvalue weighted by Crippen LogP contribution is 2.26. The third-order valence-corrected chi connectivity index (χ3v) is 7.11. The van der Waals surface area contributed by atoms with E-state index in [2.05, 4.69) is 6.07 Å². The van der Waals surface area contributed by atoms with E-state index in [0.29, 0.717) is 21.9 Å². The average molecular weight is 464 g/mol. The standard InChI is InChI=1S/C25H25N3O2S2/c1-5-27(19-8-6-7-16(2)14-19)22(29)15-32-25-26-20-11-12-31-23(20)24(30)28(25)21-10-9-17(3)13-18(21)4/h6-14H,5,15H2,1-4H3. The summed E-state index contributed by atoms with van der Waals surface area (Å²) in [6.45, 7) is 8.57. The Morgan fingerprint density at radius 2 is 1.88 bits per heavy atom. The number of fused-ring (bicyclic) bond motifs is 1. The smallest absolute Gasteiger partial charge is 0.276 e. The minimum absolute atomic E-state index is 0.0186. The van der Waals surface area contributed by atoms with Gasteiger partial charge in [-0.15, -0.1) is 11.3 Å². The summed E-state index contributed by atoms with van der Waals surface area (Å²) in [5.74, 6) is 0.171. The summed E-state index contributed by atoms with van der Waals surface area (Å²) < 4.78 is 2.27. The molecule has 0 saturated heterocycles. The second-order valence-corrected chi connectivity index (χ2v) is 9.58. The average Bonchev–Trinajstić information content (AvgIpc) is 3.23. The number of nitrogens with zero attached hydrogens (tertiary/aromatic N) is 3. The highest BCUT2D eigenvalue weighted by atomic mass is 32.2. The Kier molecular flexibility index (Phi) is 6.48. The van der Waals surface area contributed by atoms with Crippen LogP contribution in [0.4, 0.5) is 5.69 Å². The molecule has 0 aliphatic rings. The Morgan fingerprint density at radius 3 is 2.59 bits per heavy atom. The third-order valence-electron chi connectivity index (χ3n) is 5.30. The maximum Gasteiger partial charge on any atom is 0.276 e. The van der Waals surface area contributed by atoms with Gasteiger partial charge in [0, 0.05) is 12.2 Å². The maximum absolute atomic E-state index is 13.4. The van der Waals surface area contributed by atoms with Crippen LogP contribution in [0.5, 0.6) is 0 Å². The quantitative estimate of drug-likeness (QED) is 0.279. The van der Waals surface area contributed by atoms with Crippen LogP contribution in [-0.4, -0.2) is 27.8 Å². The molecule has 0 spiro atoms. The minimum atomic E-state index is -0.0991. The van der Waals surface area contributed by atoms with Crippen molar-refractivity contribution in [2.24, 2.45) is 0 Å². The number of amides is 1. The van der Waals surface area contributed by atoms with Crippen molar-refractivity contribution in [3.8, 4) is 5.69 Å². The molecule has 0 N–H and O–H groups in total. The molecule has 0 bridgehead atoms. The van der Waals surface area contributed by atoms with E-state index in [1.807, 2.05) is 75.5 Å². The number of anilines is 1. The van der Waals surface area contributed by atoms with Gasteiger partial charge >= 0.3 is 0 Å².